The van der Waals surface area contributed by atoms with Gasteiger partial charge in [-0.3, -0.25) is 0 Å². The Morgan fingerprint density at radius 2 is 1.14 bits per heavy atom. The number of benzene rings is 1. The predicted octanol–water partition coefficient (Wildman–Crippen LogP) is 1.53. The van der Waals surface area contributed by atoms with Gasteiger partial charge in [-0.1, -0.05) is 24.3 Å². The SMILES string of the molecule is C[C@H](O)Cc1ccc(C[C@@H](C)O)cc1. The van der Waals surface area contributed by atoms with Crippen LogP contribution in [0.1, 0.15) is 25.0 Å². The Hall–Kier alpha value is -0.860. The van der Waals surface area contributed by atoms with Gasteiger partial charge in [0.05, 0.1) is 12.2 Å². The van der Waals surface area contributed by atoms with Gasteiger partial charge in [0.15, 0.2) is 0 Å². The van der Waals surface area contributed by atoms with E-state index in [0.29, 0.717) is 12.8 Å². The first-order valence-corrected chi connectivity index (χ1v) is 5.02. The number of hydrogen-bond donors (Lipinski definition) is 2. The van der Waals surface area contributed by atoms with Crippen molar-refractivity contribution in [3.05, 3.63) is 35.4 Å². The zero-order valence-electron chi connectivity index (χ0n) is 8.77. The van der Waals surface area contributed by atoms with Crippen LogP contribution in [-0.2, 0) is 12.8 Å². The van der Waals surface area contributed by atoms with E-state index in [4.69, 9.17) is 0 Å². The summed E-state index contributed by atoms with van der Waals surface area (Å²) in [5.41, 5.74) is 2.27. The molecule has 0 heterocycles. The van der Waals surface area contributed by atoms with Crippen molar-refractivity contribution < 1.29 is 10.2 Å². The van der Waals surface area contributed by atoms with Crippen molar-refractivity contribution in [2.45, 2.75) is 38.9 Å². The van der Waals surface area contributed by atoms with Crippen molar-refractivity contribution in [3.8, 4) is 0 Å². The van der Waals surface area contributed by atoms with Gasteiger partial charge in [0.25, 0.3) is 0 Å². The third kappa shape index (κ3) is 3.90. The molecule has 0 saturated carbocycles. The molecule has 78 valence electrons. The van der Waals surface area contributed by atoms with E-state index < -0.39 is 0 Å². The second kappa shape index (κ2) is 5.13. The summed E-state index contributed by atoms with van der Waals surface area (Å²) in [6, 6.07) is 8.02. The molecule has 0 saturated heterocycles. The molecule has 0 aromatic heterocycles. The van der Waals surface area contributed by atoms with E-state index in [1.54, 1.807) is 13.8 Å². The first-order chi connectivity index (χ1) is 6.58. The highest BCUT2D eigenvalue weighted by molar-refractivity contribution is 5.23. The average molecular weight is 194 g/mol. The van der Waals surface area contributed by atoms with Crippen LogP contribution >= 0.6 is 0 Å². The van der Waals surface area contributed by atoms with E-state index in [1.165, 1.54) is 0 Å². The largest absolute Gasteiger partial charge is 0.393 e. The van der Waals surface area contributed by atoms with Crippen LogP contribution in [0.25, 0.3) is 0 Å². The van der Waals surface area contributed by atoms with Crippen LogP contribution in [-0.4, -0.2) is 22.4 Å². The summed E-state index contributed by atoms with van der Waals surface area (Å²) in [5.74, 6) is 0. The van der Waals surface area contributed by atoms with E-state index >= 15 is 0 Å². The monoisotopic (exact) mass is 194 g/mol. The molecule has 2 atom stereocenters. The van der Waals surface area contributed by atoms with E-state index in [-0.39, 0.29) is 12.2 Å². The number of hydrogen-bond acceptors (Lipinski definition) is 2. The summed E-state index contributed by atoms with van der Waals surface area (Å²) in [5, 5.41) is 18.4. The molecule has 2 N–H and O–H groups in total. The van der Waals surface area contributed by atoms with E-state index in [1.807, 2.05) is 24.3 Å². The van der Waals surface area contributed by atoms with E-state index in [0.717, 1.165) is 11.1 Å². The molecule has 0 unspecified atom stereocenters. The lowest BCUT2D eigenvalue weighted by Gasteiger charge is -2.07. The van der Waals surface area contributed by atoms with Crippen LogP contribution in [0.4, 0.5) is 0 Å². The summed E-state index contributed by atoms with van der Waals surface area (Å²) in [7, 11) is 0. The topological polar surface area (TPSA) is 40.5 Å². The molecule has 14 heavy (non-hydrogen) atoms. The van der Waals surface area contributed by atoms with Gasteiger partial charge in [-0.2, -0.15) is 0 Å². The van der Waals surface area contributed by atoms with Crippen LogP contribution in [0, 0.1) is 0 Å². The Morgan fingerprint density at radius 1 is 0.857 bits per heavy atom. The fourth-order valence-electron chi connectivity index (χ4n) is 1.49. The summed E-state index contributed by atoms with van der Waals surface area (Å²) >= 11 is 0. The highest BCUT2D eigenvalue weighted by Crippen LogP contribution is 2.08. The highest BCUT2D eigenvalue weighted by atomic mass is 16.3. The molecule has 0 aliphatic heterocycles. The van der Waals surface area contributed by atoms with Gasteiger partial charge >= 0.3 is 0 Å². The van der Waals surface area contributed by atoms with Crippen LogP contribution < -0.4 is 0 Å². The zero-order chi connectivity index (χ0) is 10.6. The molecule has 0 spiro atoms. The minimum absolute atomic E-state index is 0.294. The molecule has 0 radical (unpaired) electrons. The predicted molar refractivity (Wildman–Crippen MR) is 57.2 cm³/mol. The summed E-state index contributed by atoms with van der Waals surface area (Å²) < 4.78 is 0. The number of rotatable bonds is 4. The molecule has 1 rings (SSSR count). The lowest BCUT2D eigenvalue weighted by atomic mass is 10.0. The zero-order valence-corrected chi connectivity index (χ0v) is 8.77. The first-order valence-electron chi connectivity index (χ1n) is 5.02. The number of aliphatic hydroxyl groups excluding tert-OH is 2. The van der Waals surface area contributed by atoms with Crippen LogP contribution in [0.2, 0.25) is 0 Å². The van der Waals surface area contributed by atoms with Gasteiger partial charge in [-0.25, -0.2) is 0 Å². The quantitative estimate of drug-likeness (QED) is 0.763. The van der Waals surface area contributed by atoms with Crippen LogP contribution in [0.15, 0.2) is 24.3 Å². The maximum Gasteiger partial charge on any atom is 0.0552 e. The van der Waals surface area contributed by atoms with Crippen molar-refractivity contribution in [2.75, 3.05) is 0 Å². The van der Waals surface area contributed by atoms with Crippen LogP contribution in [0.3, 0.4) is 0 Å². The molecule has 1 aromatic carbocycles. The molecule has 0 fully saturated rings. The molecule has 0 amide bonds. The summed E-state index contributed by atoms with van der Waals surface area (Å²) in [6.45, 7) is 3.56. The van der Waals surface area contributed by atoms with Gasteiger partial charge in [0, 0.05) is 0 Å². The summed E-state index contributed by atoms with van der Waals surface area (Å²) in [4.78, 5) is 0. The van der Waals surface area contributed by atoms with Gasteiger partial charge in [0.1, 0.15) is 0 Å². The third-order valence-electron chi connectivity index (χ3n) is 2.09. The molecular weight excluding hydrogens is 176 g/mol. The second-order valence-electron chi connectivity index (χ2n) is 3.92. The maximum atomic E-state index is 9.18. The smallest absolute Gasteiger partial charge is 0.0552 e. The summed E-state index contributed by atoms with van der Waals surface area (Å²) in [6.07, 6.45) is 0.791. The van der Waals surface area contributed by atoms with Gasteiger partial charge in [0.2, 0.25) is 0 Å². The molecule has 2 heteroatoms. The van der Waals surface area contributed by atoms with E-state index in [2.05, 4.69) is 0 Å². The maximum absolute atomic E-state index is 9.18. The van der Waals surface area contributed by atoms with Gasteiger partial charge in [-0.15, -0.1) is 0 Å². The first kappa shape index (κ1) is 11.2. The number of aliphatic hydroxyl groups is 2. The van der Waals surface area contributed by atoms with E-state index in [9.17, 15) is 10.2 Å². The Bertz CT molecular complexity index is 233. The van der Waals surface area contributed by atoms with Crippen molar-refractivity contribution in [1.82, 2.24) is 0 Å². The molecule has 2 nitrogen and oxygen atoms in total. The Labute approximate surface area is 85.2 Å². The third-order valence-corrected chi connectivity index (χ3v) is 2.09. The molecular formula is C12H18O2. The molecule has 1 aromatic rings. The Morgan fingerprint density at radius 3 is 1.36 bits per heavy atom. The fourth-order valence-corrected chi connectivity index (χ4v) is 1.49. The normalized spacial score (nSPS) is 15.1. The van der Waals surface area contributed by atoms with Gasteiger partial charge in [-0.05, 0) is 37.8 Å². The molecule has 0 aliphatic carbocycles. The van der Waals surface area contributed by atoms with Crippen molar-refractivity contribution in [3.63, 3.8) is 0 Å². The lowest BCUT2D eigenvalue weighted by molar-refractivity contribution is 0.194. The van der Waals surface area contributed by atoms with Crippen molar-refractivity contribution in [1.29, 1.82) is 0 Å². The fraction of sp³-hybridized carbons (Fsp3) is 0.500. The Kier molecular flexibility index (Phi) is 4.11. The van der Waals surface area contributed by atoms with Crippen molar-refractivity contribution >= 4 is 0 Å². The standard InChI is InChI=1S/C12H18O2/c1-9(13)7-11-3-5-12(6-4-11)8-10(2)14/h3-6,9-10,13-14H,7-8H2,1-2H3/t9-,10+. The highest BCUT2D eigenvalue weighted by Gasteiger charge is 2.01. The average Bonchev–Trinajstić information content (AvgIpc) is 2.06. The van der Waals surface area contributed by atoms with Gasteiger partial charge < -0.3 is 10.2 Å². The molecule has 0 bridgehead atoms. The second-order valence-corrected chi connectivity index (χ2v) is 3.92. The minimum Gasteiger partial charge on any atom is -0.393 e. The lowest BCUT2D eigenvalue weighted by Crippen LogP contribution is -2.06. The minimum atomic E-state index is -0.294. The van der Waals surface area contributed by atoms with Crippen LogP contribution in [0.5, 0.6) is 0 Å². The van der Waals surface area contributed by atoms with Crippen molar-refractivity contribution in [2.24, 2.45) is 0 Å². The molecule has 0 aliphatic rings. The Balaban J connectivity index is 2.59.